The first-order valence-electron chi connectivity index (χ1n) is 4.39. The number of nitrogens with zero attached hydrogens (tertiary/aromatic N) is 1. The van der Waals surface area contributed by atoms with Gasteiger partial charge in [0.05, 0.1) is 0 Å². The van der Waals surface area contributed by atoms with Crippen molar-refractivity contribution in [2.45, 2.75) is 12.8 Å². The summed E-state index contributed by atoms with van der Waals surface area (Å²) < 4.78 is 0. The van der Waals surface area contributed by atoms with E-state index >= 15 is 0 Å². The maximum Gasteiger partial charge on any atom is 0.321 e. The van der Waals surface area contributed by atoms with Crippen LogP contribution in [0.25, 0.3) is 0 Å². The van der Waals surface area contributed by atoms with Crippen molar-refractivity contribution >= 4 is 23.8 Å². The average Bonchev–Trinajstić information content (AvgIpc) is 2.49. The second kappa shape index (κ2) is 4.54. The van der Waals surface area contributed by atoms with Crippen molar-refractivity contribution < 1.29 is 19.2 Å². The predicted octanol–water partition coefficient (Wildman–Crippen LogP) is -1.41. The summed E-state index contributed by atoms with van der Waals surface area (Å²) in [6.45, 7) is -0.398. The van der Waals surface area contributed by atoms with E-state index in [1.165, 1.54) is 7.05 Å². The van der Waals surface area contributed by atoms with Crippen molar-refractivity contribution in [2.24, 2.45) is 0 Å². The second-order valence-electron chi connectivity index (χ2n) is 3.00. The number of carbonyl (C=O) groups excluding carboxylic acids is 4. The average molecular weight is 213 g/mol. The minimum absolute atomic E-state index is 0.131. The number of rotatable bonds is 2. The molecule has 0 saturated carbocycles. The molecule has 0 aromatic carbocycles. The Morgan fingerprint density at radius 2 is 1.80 bits per heavy atom. The van der Waals surface area contributed by atoms with Crippen LogP contribution in [-0.2, 0) is 14.4 Å². The van der Waals surface area contributed by atoms with E-state index in [0.29, 0.717) is 0 Å². The van der Waals surface area contributed by atoms with Crippen LogP contribution in [0.5, 0.6) is 0 Å². The fourth-order valence-corrected chi connectivity index (χ4v) is 1.17. The van der Waals surface area contributed by atoms with Crippen molar-refractivity contribution in [1.82, 2.24) is 15.5 Å². The van der Waals surface area contributed by atoms with Crippen LogP contribution in [0.1, 0.15) is 12.8 Å². The number of amides is 5. The summed E-state index contributed by atoms with van der Waals surface area (Å²) >= 11 is 0. The molecule has 1 saturated heterocycles. The minimum atomic E-state index is -0.682. The normalized spacial score (nSPS) is 15.4. The molecule has 1 aliphatic rings. The standard InChI is InChI=1S/C8H11N3O4/c1-9-8(15)10-5(12)4-11-6(13)2-3-7(11)14/h2-4H2,1H3,(H2,9,10,12,15). The van der Waals surface area contributed by atoms with Gasteiger partial charge in [-0.05, 0) is 0 Å². The molecular formula is C8H11N3O4. The van der Waals surface area contributed by atoms with Crippen LogP contribution in [0.3, 0.4) is 0 Å². The van der Waals surface area contributed by atoms with Crippen LogP contribution in [0.4, 0.5) is 4.79 Å². The van der Waals surface area contributed by atoms with E-state index in [-0.39, 0.29) is 24.7 Å². The quantitative estimate of drug-likeness (QED) is 0.551. The summed E-state index contributed by atoms with van der Waals surface area (Å²) in [5.74, 6) is -1.45. The van der Waals surface area contributed by atoms with Crippen LogP contribution in [-0.4, -0.2) is 42.2 Å². The van der Waals surface area contributed by atoms with E-state index in [4.69, 9.17) is 0 Å². The summed E-state index contributed by atoms with van der Waals surface area (Å²) in [5.41, 5.74) is 0. The summed E-state index contributed by atoms with van der Waals surface area (Å²) in [6, 6.07) is -0.668. The Hall–Kier alpha value is -1.92. The highest BCUT2D eigenvalue weighted by Crippen LogP contribution is 2.10. The van der Waals surface area contributed by atoms with Gasteiger partial charge in [-0.15, -0.1) is 0 Å². The smallest absolute Gasteiger partial charge is 0.321 e. The van der Waals surface area contributed by atoms with E-state index < -0.39 is 18.5 Å². The maximum absolute atomic E-state index is 11.1. The number of likely N-dealkylation sites (tertiary alicyclic amines) is 1. The summed E-state index contributed by atoms with van der Waals surface area (Å²) in [4.78, 5) is 44.9. The molecule has 1 rings (SSSR count). The fourth-order valence-electron chi connectivity index (χ4n) is 1.17. The van der Waals surface area contributed by atoms with Crippen LogP contribution >= 0.6 is 0 Å². The Morgan fingerprint density at radius 3 is 2.27 bits per heavy atom. The Bertz CT molecular complexity index is 310. The van der Waals surface area contributed by atoms with Gasteiger partial charge in [-0.2, -0.15) is 0 Å². The van der Waals surface area contributed by atoms with Gasteiger partial charge in [0.2, 0.25) is 17.7 Å². The molecule has 0 radical (unpaired) electrons. The summed E-state index contributed by atoms with van der Waals surface area (Å²) in [5, 5.41) is 4.15. The molecule has 1 fully saturated rings. The van der Waals surface area contributed by atoms with Gasteiger partial charge in [-0.1, -0.05) is 0 Å². The molecule has 0 bridgehead atoms. The van der Waals surface area contributed by atoms with Gasteiger partial charge in [0.25, 0.3) is 0 Å². The summed E-state index contributed by atoms with van der Waals surface area (Å²) in [7, 11) is 1.36. The van der Waals surface area contributed by atoms with Gasteiger partial charge in [-0.3, -0.25) is 24.6 Å². The maximum atomic E-state index is 11.1. The number of hydrogen-bond donors (Lipinski definition) is 2. The van der Waals surface area contributed by atoms with Crippen molar-refractivity contribution in [2.75, 3.05) is 13.6 Å². The van der Waals surface area contributed by atoms with Gasteiger partial charge in [-0.25, -0.2) is 4.79 Å². The highest BCUT2D eigenvalue weighted by molar-refractivity contribution is 6.06. The number of hydrogen-bond acceptors (Lipinski definition) is 4. The first kappa shape index (κ1) is 11.2. The van der Waals surface area contributed by atoms with E-state index in [1.54, 1.807) is 0 Å². The monoisotopic (exact) mass is 213 g/mol. The molecule has 1 heterocycles. The van der Waals surface area contributed by atoms with Crippen LogP contribution < -0.4 is 10.6 Å². The fraction of sp³-hybridized carbons (Fsp3) is 0.500. The van der Waals surface area contributed by atoms with E-state index in [9.17, 15) is 19.2 Å². The molecule has 0 aliphatic carbocycles. The third kappa shape index (κ3) is 2.76. The first-order chi connectivity index (χ1) is 7.04. The zero-order valence-corrected chi connectivity index (χ0v) is 8.20. The number of imide groups is 2. The molecule has 15 heavy (non-hydrogen) atoms. The zero-order valence-electron chi connectivity index (χ0n) is 8.20. The first-order valence-corrected chi connectivity index (χ1v) is 4.39. The molecule has 5 amide bonds. The molecule has 0 unspecified atom stereocenters. The lowest BCUT2D eigenvalue weighted by Gasteiger charge is -2.12. The van der Waals surface area contributed by atoms with Crippen LogP contribution in [0.2, 0.25) is 0 Å². The van der Waals surface area contributed by atoms with Crippen LogP contribution in [0.15, 0.2) is 0 Å². The van der Waals surface area contributed by atoms with Gasteiger partial charge in [0.15, 0.2) is 0 Å². The van der Waals surface area contributed by atoms with Gasteiger partial charge in [0, 0.05) is 19.9 Å². The number of nitrogens with one attached hydrogen (secondary N) is 2. The molecule has 2 N–H and O–H groups in total. The summed E-state index contributed by atoms with van der Waals surface area (Å²) in [6.07, 6.45) is 0.262. The van der Waals surface area contributed by atoms with E-state index in [0.717, 1.165) is 4.90 Å². The van der Waals surface area contributed by atoms with Crippen molar-refractivity contribution in [3.63, 3.8) is 0 Å². The molecular weight excluding hydrogens is 202 g/mol. The Morgan fingerprint density at radius 1 is 1.27 bits per heavy atom. The molecule has 0 aromatic rings. The highest BCUT2D eigenvalue weighted by Gasteiger charge is 2.30. The third-order valence-electron chi connectivity index (χ3n) is 1.94. The van der Waals surface area contributed by atoms with Crippen molar-refractivity contribution in [3.8, 4) is 0 Å². The number of urea groups is 1. The van der Waals surface area contributed by atoms with Gasteiger partial charge >= 0.3 is 6.03 Å². The number of carbonyl (C=O) groups is 4. The molecule has 7 heteroatoms. The lowest BCUT2D eigenvalue weighted by Crippen LogP contribution is -2.44. The van der Waals surface area contributed by atoms with E-state index in [1.807, 2.05) is 5.32 Å². The SMILES string of the molecule is CNC(=O)NC(=O)CN1C(=O)CCC1=O. The molecule has 82 valence electrons. The lowest BCUT2D eigenvalue weighted by atomic mass is 10.4. The van der Waals surface area contributed by atoms with Gasteiger partial charge < -0.3 is 5.32 Å². The molecule has 7 nitrogen and oxygen atoms in total. The zero-order chi connectivity index (χ0) is 11.4. The van der Waals surface area contributed by atoms with Crippen LogP contribution in [0, 0.1) is 0 Å². The van der Waals surface area contributed by atoms with E-state index in [2.05, 4.69) is 5.32 Å². The Labute approximate surface area is 85.8 Å². The molecule has 0 atom stereocenters. The molecule has 0 spiro atoms. The van der Waals surface area contributed by atoms with Gasteiger partial charge in [0.1, 0.15) is 6.54 Å². The highest BCUT2D eigenvalue weighted by atomic mass is 16.2. The molecule has 0 aromatic heterocycles. The Kier molecular flexibility index (Phi) is 3.37. The van der Waals surface area contributed by atoms with Crippen molar-refractivity contribution in [1.29, 1.82) is 0 Å². The predicted molar refractivity (Wildman–Crippen MR) is 48.6 cm³/mol. The van der Waals surface area contributed by atoms with Crippen molar-refractivity contribution in [3.05, 3.63) is 0 Å². The molecule has 1 aliphatic heterocycles. The largest absolute Gasteiger partial charge is 0.341 e. The lowest BCUT2D eigenvalue weighted by molar-refractivity contribution is -0.142. The third-order valence-corrected chi connectivity index (χ3v) is 1.94. The Balaban J connectivity index is 2.47. The topological polar surface area (TPSA) is 95.6 Å². The minimum Gasteiger partial charge on any atom is -0.341 e. The second-order valence-corrected chi connectivity index (χ2v) is 3.00.